The van der Waals surface area contributed by atoms with E-state index in [0.29, 0.717) is 23.1 Å². The molecule has 6 heteroatoms. The summed E-state index contributed by atoms with van der Waals surface area (Å²) in [5.41, 5.74) is 3.54. The summed E-state index contributed by atoms with van der Waals surface area (Å²) in [6, 6.07) is 15.6. The zero-order valence-electron chi connectivity index (χ0n) is 13.5. The first kappa shape index (κ1) is 15.0. The highest BCUT2D eigenvalue weighted by Gasteiger charge is 2.15. The van der Waals surface area contributed by atoms with Crippen molar-refractivity contribution in [3.8, 4) is 39.8 Å². The molecule has 122 valence electrons. The SMILES string of the molecule is COc1cnc(-c2nc(-c3ccccc3)n[nH]2)c(-c2ccncc2)c1. The van der Waals surface area contributed by atoms with Crippen molar-refractivity contribution in [2.45, 2.75) is 0 Å². The number of hydrogen-bond acceptors (Lipinski definition) is 5. The lowest BCUT2D eigenvalue weighted by Crippen LogP contribution is -1.94. The van der Waals surface area contributed by atoms with Crippen molar-refractivity contribution in [1.29, 1.82) is 0 Å². The molecule has 6 nitrogen and oxygen atoms in total. The first-order valence-electron chi connectivity index (χ1n) is 7.78. The number of hydrogen-bond donors (Lipinski definition) is 1. The van der Waals surface area contributed by atoms with Crippen LogP contribution in [0.1, 0.15) is 0 Å². The largest absolute Gasteiger partial charge is 0.495 e. The molecule has 0 spiro atoms. The van der Waals surface area contributed by atoms with Crippen LogP contribution in [0.15, 0.2) is 67.1 Å². The van der Waals surface area contributed by atoms with Crippen molar-refractivity contribution in [2.75, 3.05) is 7.11 Å². The smallest absolute Gasteiger partial charge is 0.181 e. The normalized spacial score (nSPS) is 10.6. The van der Waals surface area contributed by atoms with Gasteiger partial charge in [0, 0.05) is 23.5 Å². The summed E-state index contributed by atoms with van der Waals surface area (Å²) in [5.74, 6) is 1.92. The van der Waals surface area contributed by atoms with Crippen molar-refractivity contribution in [3.63, 3.8) is 0 Å². The molecule has 0 unspecified atom stereocenters. The van der Waals surface area contributed by atoms with Crippen LogP contribution in [0.25, 0.3) is 34.0 Å². The highest BCUT2D eigenvalue weighted by atomic mass is 16.5. The Bertz CT molecular complexity index is 983. The van der Waals surface area contributed by atoms with Crippen molar-refractivity contribution in [2.24, 2.45) is 0 Å². The Morgan fingerprint density at radius 1 is 0.960 bits per heavy atom. The number of benzene rings is 1. The predicted octanol–water partition coefficient (Wildman–Crippen LogP) is 3.60. The quantitative estimate of drug-likeness (QED) is 0.619. The van der Waals surface area contributed by atoms with Gasteiger partial charge in [0.25, 0.3) is 0 Å². The molecule has 4 aromatic rings. The minimum Gasteiger partial charge on any atom is -0.495 e. The highest BCUT2D eigenvalue weighted by molar-refractivity contribution is 5.79. The Morgan fingerprint density at radius 3 is 2.52 bits per heavy atom. The van der Waals surface area contributed by atoms with E-state index in [-0.39, 0.29) is 0 Å². The van der Waals surface area contributed by atoms with Crippen LogP contribution >= 0.6 is 0 Å². The van der Waals surface area contributed by atoms with Gasteiger partial charge in [0.05, 0.1) is 13.3 Å². The van der Waals surface area contributed by atoms with Gasteiger partial charge in [-0.2, -0.15) is 5.10 Å². The Morgan fingerprint density at radius 2 is 1.76 bits per heavy atom. The second-order valence-electron chi connectivity index (χ2n) is 5.38. The number of methoxy groups -OCH3 is 1. The number of H-pyrrole nitrogens is 1. The predicted molar refractivity (Wildman–Crippen MR) is 94.8 cm³/mol. The van der Waals surface area contributed by atoms with Crippen LogP contribution in [0, 0.1) is 0 Å². The second kappa shape index (κ2) is 6.52. The zero-order valence-corrected chi connectivity index (χ0v) is 13.5. The molecule has 0 fully saturated rings. The minimum atomic E-state index is 0.605. The fourth-order valence-corrected chi connectivity index (χ4v) is 2.58. The molecule has 0 aliphatic heterocycles. The molecule has 25 heavy (non-hydrogen) atoms. The number of pyridine rings is 2. The molecule has 0 atom stereocenters. The van der Waals surface area contributed by atoms with E-state index in [1.165, 1.54) is 0 Å². The fraction of sp³-hybridized carbons (Fsp3) is 0.0526. The number of aromatic amines is 1. The molecule has 4 rings (SSSR count). The molecule has 1 N–H and O–H groups in total. The molecule has 0 saturated carbocycles. The van der Waals surface area contributed by atoms with Gasteiger partial charge in [0.1, 0.15) is 11.4 Å². The Labute approximate surface area is 144 Å². The molecule has 0 radical (unpaired) electrons. The average Bonchev–Trinajstić information content (AvgIpc) is 3.19. The topological polar surface area (TPSA) is 76.6 Å². The van der Waals surface area contributed by atoms with Gasteiger partial charge in [-0.3, -0.25) is 10.1 Å². The maximum atomic E-state index is 5.32. The first-order valence-corrected chi connectivity index (χ1v) is 7.78. The third kappa shape index (κ3) is 2.97. The summed E-state index contributed by atoms with van der Waals surface area (Å²) in [4.78, 5) is 13.2. The lowest BCUT2D eigenvalue weighted by Gasteiger charge is -2.08. The van der Waals surface area contributed by atoms with E-state index >= 15 is 0 Å². The van der Waals surface area contributed by atoms with Gasteiger partial charge in [-0.1, -0.05) is 30.3 Å². The maximum Gasteiger partial charge on any atom is 0.181 e. The van der Waals surface area contributed by atoms with E-state index in [1.54, 1.807) is 25.7 Å². The average molecular weight is 329 g/mol. The van der Waals surface area contributed by atoms with E-state index in [2.05, 4.69) is 25.1 Å². The standard InChI is InChI=1S/C19H15N5O/c1-25-15-11-16(13-7-9-20-10-8-13)17(21-12-15)19-22-18(23-24-19)14-5-3-2-4-6-14/h2-12H,1H3,(H,22,23,24). The summed E-state index contributed by atoms with van der Waals surface area (Å²) in [7, 11) is 1.62. The lowest BCUT2D eigenvalue weighted by atomic mass is 10.0. The van der Waals surface area contributed by atoms with Crippen molar-refractivity contribution in [1.82, 2.24) is 25.1 Å². The molecule has 0 amide bonds. The van der Waals surface area contributed by atoms with Crippen LogP contribution in [0.4, 0.5) is 0 Å². The lowest BCUT2D eigenvalue weighted by molar-refractivity contribution is 0.413. The first-order chi connectivity index (χ1) is 12.3. The van der Waals surface area contributed by atoms with E-state index in [4.69, 9.17) is 4.74 Å². The van der Waals surface area contributed by atoms with E-state index in [0.717, 1.165) is 16.7 Å². The van der Waals surface area contributed by atoms with Crippen LogP contribution in [0.5, 0.6) is 5.75 Å². The van der Waals surface area contributed by atoms with Gasteiger partial charge in [-0.15, -0.1) is 0 Å². The number of rotatable bonds is 4. The highest BCUT2D eigenvalue weighted by Crippen LogP contribution is 2.31. The van der Waals surface area contributed by atoms with Gasteiger partial charge in [-0.05, 0) is 23.8 Å². The molecule has 1 aromatic carbocycles. The third-order valence-corrected chi connectivity index (χ3v) is 3.83. The second-order valence-corrected chi connectivity index (χ2v) is 5.38. The maximum absolute atomic E-state index is 5.32. The number of nitrogens with one attached hydrogen (secondary N) is 1. The number of nitrogens with zero attached hydrogens (tertiary/aromatic N) is 4. The van der Waals surface area contributed by atoms with Gasteiger partial charge in [0.15, 0.2) is 11.6 Å². The number of ether oxygens (including phenoxy) is 1. The van der Waals surface area contributed by atoms with Gasteiger partial charge >= 0.3 is 0 Å². The summed E-state index contributed by atoms with van der Waals surface area (Å²) in [6.45, 7) is 0. The summed E-state index contributed by atoms with van der Waals surface area (Å²) >= 11 is 0. The van der Waals surface area contributed by atoms with Crippen molar-refractivity contribution < 1.29 is 4.74 Å². The van der Waals surface area contributed by atoms with Crippen LogP contribution in [0.2, 0.25) is 0 Å². The van der Waals surface area contributed by atoms with Crippen LogP contribution < -0.4 is 4.74 Å². The zero-order chi connectivity index (χ0) is 17.1. The minimum absolute atomic E-state index is 0.605. The fourth-order valence-electron chi connectivity index (χ4n) is 2.58. The van der Waals surface area contributed by atoms with E-state index in [9.17, 15) is 0 Å². The molecular weight excluding hydrogens is 314 g/mol. The van der Waals surface area contributed by atoms with E-state index < -0.39 is 0 Å². The van der Waals surface area contributed by atoms with Crippen molar-refractivity contribution >= 4 is 0 Å². The monoisotopic (exact) mass is 329 g/mol. The Balaban J connectivity index is 1.82. The number of aromatic nitrogens is 5. The molecule has 3 aromatic heterocycles. The summed E-state index contributed by atoms with van der Waals surface area (Å²) < 4.78 is 5.32. The molecule has 0 aliphatic rings. The van der Waals surface area contributed by atoms with Crippen LogP contribution in [-0.4, -0.2) is 32.3 Å². The van der Waals surface area contributed by atoms with E-state index in [1.807, 2.05) is 48.5 Å². The van der Waals surface area contributed by atoms with Crippen LogP contribution in [-0.2, 0) is 0 Å². The third-order valence-electron chi connectivity index (χ3n) is 3.83. The van der Waals surface area contributed by atoms with Gasteiger partial charge < -0.3 is 4.74 Å². The van der Waals surface area contributed by atoms with Gasteiger partial charge in [-0.25, -0.2) is 9.97 Å². The molecule has 3 heterocycles. The molecule has 0 bridgehead atoms. The molecule has 0 saturated heterocycles. The van der Waals surface area contributed by atoms with Gasteiger partial charge in [0.2, 0.25) is 0 Å². The molecule has 0 aliphatic carbocycles. The van der Waals surface area contributed by atoms with Crippen LogP contribution in [0.3, 0.4) is 0 Å². The molecular formula is C19H15N5O. The van der Waals surface area contributed by atoms with Crippen molar-refractivity contribution in [3.05, 3.63) is 67.1 Å². The Kier molecular flexibility index (Phi) is 3.92. The Hall–Kier alpha value is -3.54. The summed E-state index contributed by atoms with van der Waals surface area (Å²) in [5, 5.41) is 7.31. The summed E-state index contributed by atoms with van der Waals surface area (Å²) in [6.07, 6.45) is 5.16.